The second-order valence-electron chi connectivity index (χ2n) is 8.01. The number of nitrogens with one attached hydrogen (secondary N) is 2. The van der Waals surface area contributed by atoms with E-state index in [0.717, 1.165) is 36.4 Å². The fourth-order valence-corrected chi connectivity index (χ4v) is 3.55. The van der Waals surface area contributed by atoms with Gasteiger partial charge in [-0.3, -0.25) is 10.1 Å². The van der Waals surface area contributed by atoms with Crippen LogP contribution in [-0.4, -0.2) is 16.0 Å². The molecule has 0 aliphatic heterocycles. The van der Waals surface area contributed by atoms with Crippen molar-refractivity contribution in [1.29, 1.82) is 0 Å². The highest BCUT2D eigenvalue weighted by Crippen LogP contribution is 2.32. The molecule has 0 radical (unpaired) electrons. The van der Waals surface area contributed by atoms with Crippen molar-refractivity contribution >= 4 is 22.7 Å². The number of aryl methyl sites for hydroxylation is 2. The third-order valence-corrected chi connectivity index (χ3v) is 5.32. The summed E-state index contributed by atoms with van der Waals surface area (Å²) in [7, 11) is 2.01. The molecule has 0 spiro atoms. The maximum atomic E-state index is 11.6. The first kappa shape index (κ1) is 25.6. The van der Waals surface area contributed by atoms with Gasteiger partial charge in [0.05, 0.1) is 24.6 Å². The average molecular weight is 494 g/mol. The topological polar surface area (TPSA) is 85.2 Å². The molecule has 0 bridgehead atoms. The van der Waals surface area contributed by atoms with Crippen LogP contribution < -0.4 is 32.3 Å². The largest absolute Gasteiger partial charge is 1.00 e. The van der Waals surface area contributed by atoms with Crippen LogP contribution in [0.3, 0.4) is 0 Å². The maximum absolute atomic E-state index is 11.6. The van der Waals surface area contributed by atoms with E-state index in [2.05, 4.69) is 27.7 Å². The van der Waals surface area contributed by atoms with Crippen LogP contribution in [0.5, 0.6) is 5.75 Å². The van der Waals surface area contributed by atoms with Crippen LogP contribution in [0.2, 0.25) is 0 Å². The van der Waals surface area contributed by atoms with E-state index in [9.17, 15) is 10.1 Å². The minimum absolute atomic E-state index is 0. The SMILES string of the molecule is C[n+]1ccn(CCCNc2ccc(Nc3ccc(OCc4ccccc4)cc3[N+](=O)[O-])cc2)c1.[Cl-]. The summed E-state index contributed by atoms with van der Waals surface area (Å²) in [6.07, 6.45) is 7.14. The number of rotatable bonds is 11. The number of hydrogen-bond donors (Lipinski definition) is 2. The Morgan fingerprint density at radius 2 is 1.77 bits per heavy atom. The molecule has 3 aromatic carbocycles. The molecule has 2 N–H and O–H groups in total. The van der Waals surface area contributed by atoms with E-state index in [0.29, 0.717) is 18.0 Å². The van der Waals surface area contributed by atoms with Crippen molar-refractivity contribution in [2.75, 3.05) is 17.2 Å². The van der Waals surface area contributed by atoms with E-state index in [1.54, 1.807) is 12.1 Å². The Bertz CT molecular complexity index is 1230. The van der Waals surface area contributed by atoms with Gasteiger partial charge < -0.3 is 27.8 Å². The number of hydrogen-bond acceptors (Lipinski definition) is 5. The number of anilines is 3. The molecular weight excluding hydrogens is 466 g/mol. The molecule has 0 fully saturated rings. The number of ether oxygens (including phenoxy) is 1. The molecule has 0 saturated carbocycles. The predicted octanol–water partition coefficient (Wildman–Crippen LogP) is 2.05. The van der Waals surface area contributed by atoms with Gasteiger partial charge in [0.15, 0.2) is 0 Å². The van der Waals surface area contributed by atoms with Crippen molar-refractivity contribution in [3.05, 3.63) is 107 Å². The fraction of sp³-hybridized carbons (Fsp3) is 0.192. The van der Waals surface area contributed by atoms with E-state index in [4.69, 9.17) is 4.74 Å². The Kier molecular flexibility index (Phi) is 9.09. The number of aromatic nitrogens is 2. The third-order valence-electron chi connectivity index (χ3n) is 5.32. The molecule has 9 heteroatoms. The van der Waals surface area contributed by atoms with Gasteiger partial charge in [0.2, 0.25) is 6.33 Å². The van der Waals surface area contributed by atoms with E-state index < -0.39 is 4.92 Å². The van der Waals surface area contributed by atoms with Crippen LogP contribution in [0, 0.1) is 10.1 Å². The normalized spacial score (nSPS) is 10.3. The summed E-state index contributed by atoms with van der Waals surface area (Å²) in [5, 5.41) is 18.2. The first-order chi connectivity index (χ1) is 16.6. The Balaban J connectivity index is 0.00000342. The van der Waals surface area contributed by atoms with Gasteiger partial charge in [-0.05, 0) is 42.0 Å². The van der Waals surface area contributed by atoms with Gasteiger partial charge in [-0.2, -0.15) is 0 Å². The number of nitro benzene ring substituents is 1. The van der Waals surface area contributed by atoms with E-state index in [-0.39, 0.29) is 18.1 Å². The lowest BCUT2D eigenvalue weighted by Crippen LogP contribution is -3.00. The summed E-state index contributed by atoms with van der Waals surface area (Å²) in [5.41, 5.74) is 3.15. The average Bonchev–Trinajstić information content (AvgIpc) is 3.27. The van der Waals surface area contributed by atoms with Crippen molar-refractivity contribution in [3.8, 4) is 5.75 Å². The Hall–Kier alpha value is -4.04. The molecule has 8 nitrogen and oxygen atoms in total. The zero-order valence-corrected chi connectivity index (χ0v) is 20.2. The zero-order valence-electron chi connectivity index (χ0n) is 19.4. The van der Waals surface area contributed by atoms with Crippen molar-refractivity contribution < 1.29 is 26.6 Å². The van der Waals surface area contributed by atoms with Gasteiger partial charge in [0.1, 0.15) is 30.4 Å². The lowest BCUT2D eigenvalue weighted by molar-refractivity contribution is -0.671. The molecule has 0 saturated heterocycles. The molecule has 1 aromatic heterocycles. The summed E-state index contributed by atoms with van der Waals surface area (Å²) in [4.78, 5) is 11.2. The monoisotopic (exact) mass is 493 g/mol. The Morgan fingerprint density at radius 1 is 1.03 bits per heavy atom. The van der Waals surface area contributed by atoms with Gasteiger partial charge in [0, 0.05) is 24.3 Å². The quantitative estimate of drug-likeness (QED) is 0.145. The smallest absolute Gasteiger partial charge is 0.296 e. The standard InChI is InChI=1S/C26H28N5O3.ClH/c1-29-16-17-30(20-29)15-5-14-27-22-8-10-23(11-9-22)28-25-13-12-24(18-26(25)31(32)33)34-19-21-6-3-2-4-7-21;/h2-4,6-13,16-18,20,27-28H,5,14-15,19H2,1H3;1H/q+1;/p-1. The summed E-state index contributed by atoms with van der Waals surface area (Å²) < 4.78 is 9.91. The highest BCUT2D eigenvalue weighted by Gasteiger charge is 2.16. The maximum Gasteiger partial charge on any atom is 0.296 e. The fourth-order valence-electron chi connectivity index (χ4n) is 3.55. The predicted molar refractivity (Wildman–Crippen MR) is 132 cm³/mol. The molecule has 0 aliphatic carbocycles. The van der Waals surface area contributed by atoms with Crippen molar-refractivity contribution in [3.63, 3.8) is 0 Å². The van der Waals surface area contributed by atoms with Gasteiger partial charge in [-0.1, -0.05) is 30.3 Å². The Morgan fingerprint density at radius 3 is 2.46 bits per heavy atom. The van der Waals surface area contributed by atoms with Crippen LogP contribution in [0.25, 0.3) is 0 Å². The summed E-state index contributed by atoms with van der Waals surface area (Å²) in [5.74, 6) is 0.453. The first-order valence-corrected chi connectivity index (χ1v) is 11.1. The second kappa shape index (κ2) is 12.4. The molecule has 4 rings (SSSR count). The molecule has 4 aromatic rings. The minimum atomic E-state index is -0.404. The van der Waals surface area contributed by atoms with E-state index >= 15 is 0 Å². The summed E-state index contributed by atoms with van der Waals surface area (Å²) >= 11 is 0. The summed E-state index contributed by atoms with van der Waals surface area (Å²) in [6, 6.07) is 22.3. The van der Waals surface area contributed by atoms with Gasteiger partial charge in [-0.25, -0.2) is 9.13 Å². The van der Waals surface area contributed by atoms with Crippen LogP contribution in [0.4, 0.5) is 22.7 Å². The minimum Gasteiger partial charge on any atom is -1.00 e. The van der Waals surface area contributed by atoms with E-state index in [1.807, 2.05) is 72.4 Å². The van der Waals surface area contributed by atoms with Crippen LogP contribution in [0.15, 0.2) is 91.5 Å². The van der Waals surface area contributed by atoms with Gasteiger partial charge in [-0.15, -0.1) is 0 Å². The highest BCUT2D eigenvalue weighted by molar-refractivity contribution is 5.71. The zero-order chi connectivity index (χ0) is 23.8. The van der Waals surface area contributed by atoms with Gasteiger partial charge >= 0.3 is 0 Å². The molecule has 35 heavy (non-hydrogen) atoms. The molecule has 0 unspecified atom stereocenters. The third kappa shape index (κ3) is 7.48. The van der Waals surface area contributed by atoms with Crippen LogP contribution in [0.1, 0.15) is 12.0 Å². The Labute approximate surface area is 210 Å². The second-order valence-corrected chi connectivity index (χ2v) is 8.01. The lowest BCUT2D eigenvalue weighted by atomic mass is 10.2. The van der Waals surface area contributed by atoms with Crippen molar-refractivity contribution in [2.24, 2.45) is 7.05 Å². The number of imidazole rings is 1. The molecule has 0 aliphatic rings. The molecule has 0 amide bonds. The first-order valence-electron chi connectivity index (χ1n) is 11.1. The number of nitro groups is 1. The molecule has 0 atom stereocenters. The van der Waals surface area contributed by atoms with Crippen LogP contribution >= 0.6 is 0 Å². The van der Waals surface area contributed by atoms with E-state index in [1.165, 1.54) is 6.07 Å². The molecule has 182 valence electrons. The van der Waals surface area contributed by atoms with Crippen LogP contribution in [-0.2, 0) is 20.2 Å². The van der Waals surface area contributed by atoms with Gasteiger partial charge in [0.25, 0.3) is 5.69 Å². The van der Waals surface area contributed by atoms with Crippen molar-refractivity contribution in [2.45, 2.75) is 19.6 Å². The lowest BCUT2D eigenvalue weighted by Gasteiger charge is -2.11. The molecule has 1 heterocycles. The number of benzene rings is 3. The van der Waals surface area contributed by atoms with Crippen molar-refractivity contribution in [1.82, 2.24) is 4.57 Å². The molecular formula is C26H28ClN5O3. The highest BCUT2D eigenvalue weighted by atomic mass is 35.5. The summed E-state index contributed by atoms with van der Waals surface area (Å²) in [6.45, 7) is 2.15. The number of halogens is 1. The number of nitrogens with zero attached hydrogens (tertiary/aromatic N) is 3.